The standard InChI is InChI=1S/C18H24O5/c1-17(2,3)23-15(19)14-11-18(14,16(20)22-5)10-12-6-8-13(21-4)9-7-12/h6-9,14H,10-11H2,1-5H3/t14?,18-/m0/s1. The Hall–Kier alpha value is -2.04. The summed E-state index contributed by atoms with van der Waals surface area (Å²) in [6.07, 6.45) is 0.911. The number of hydrogen-bond acceptors (Lipinski definition) is 5. The van der Waals surface area contributed by atoms with E-state index < -0.39 is 16.9 Å². The van der Waals surface area contributed by atoms with Gasteiger partial charge in [0, 0.05) is 0 Å². The highest BCUT2D eigenvalue weighted by atomic mass is 16.6. The van der Waals surface area contributed by atoms with Gasteiger partial charge in [-0.2, -0.15) is 0 Å². The zero-order valence-electron chi connectivity index (χ0n) is 14.3. The molecule has 5 heteroatoms. The Morgan fingerprint density at radius 2 is 1.78 bits per heavy atom. The van der Waals surface area contributed by atoms with Crippen molar-refractivity contribution in [1.82, 2.24) is 0 Å². The fourth-order valence-corrected chi connectivity index (χ4v) is 2.79. The van der Waals surface area contributed by atoms with Gasteiger partial charge in [0.05, 0.1) is 25.6 Å². The second-order valence-corrected chi connectivity index (χ2v) is 6.96. The highest BCUT2D eigenvalue weighted by Gasteiger charge is 2.65. The molecule has 0 aliphatic heterocycles. The van der Waals surface area contributed by atoms with E-state index in [1.54, 1.807) is 7.11 Å². The molecule has 0 aromatic heterocycles. The Morgan fingerprint density at radius 1 is 1.17 bits per heavy atom. The molecule has 1 unspecified atom stereocenters. The first kappa shape index (κ1) is 17.3. The lowest BCUT2D eigenvalue weighted by Crippen LogP contribution is -2.30. The summed E-state index contributed by atoms with van der Waals surface area (Å²) in [7, 11) is 2.95. The molecular formula is C18H24O5. The third-order valence-corrected chi connectivity index (χ3v) is 4.04. The Kier molecular flexibility index (Phi) is 4.68. The maximum atomic E-state index is 12.3. The first-order valence-electron chi connectivity index (χ1n) is 7.66. The van der Waals surface area contributed by atoms with E-state index in [0.29, 0.717) is 12.8 Å². The van der Waals surface area contributed by atoms with Gasteiger partial charge in [0.1, 0.15) is 11.4 Å². The summed E-state index contributed by atoms with van der Waals surface area (Å²) >= 11 is 0. The quantitative estimate of drug-likeness (QED) is 0.781. The Labute approximate surface area is 136 Å². The van der Waals surface area contributed by atoms with Gasteiger partial charge in [0.2, 0.25) is 0 Å². The van der Waals surface area contributed by atoms with Crippen LogP contribution >= 0.6 is 0 Å². The SMILES string of the molecule is COC(=O)[C@@]1(Cc2ccc(OC)cc2)CC1C(=O)OC(C)(C)C. The molecule has 0 amide bonds. The number of rotatable bonds is 5. The van der Waals surface area contributed by atoms with Crippen molar-refractivity contribution in [2.75, 3.05) is 14.2 Å². The minimum Gasteiger partial charge on any atom is -0.497 e. The van der Waals surface area contributed by atoms with Crippen molar-refractivity contribution in [3.05, 3.63) is 29.8 Å². The average molecular weight is 320 g/mol. The topological polar surface area (TPSA) is 61.8 Å². The number of carbonyl (C=O) groups excluding carboxylic acids is 2. The van der Waals surface area contributed by atoms with Crippen LogP contribution in [0.3, 0.4) is 0 Å². The number of hydrogen-bond donors (Lipinski definition) is 0. The van der Waals surface area contributed by atoms with Gasteiger partial charge in [-0.05, 0) is 51.3 Å². The maximum Gasteiger partial charge on any atom is 0.313 e. The second kappa shape index (κ2) is 6.22. The largest absolute Gasteiger partial charge is 0.497 e. The van der Waals surface area contributed by atoms with E-state index in [1.165, 1.54) is 7.11 Å². The Morgan fingerprint density at radius 3 is 2.26 bits per heavy atom. The van der Waals surface area contributed by atoms with E-state index in [0.717, 1.165) is 11.3 Å². The van der Waals surface area contributed by atoms with Gasteiger partial charge in [-0.3, -0.25) is 9.59 Å². The molecule has 1 aromatic rings. The fourth-order valence-electron chi connectivity index (χ4n) is 2.79. The molecule has 1 fully saturated rings. The van der Waals surface area contributed by atoms with Gasteiger partial charge in [0.15, 0.2) is 0 Å². The summed E-state index contributed by atoms with van der Waals surface area (Å²) in [6, 6.07) is 7.47. The number of carbonyl (C=O) groups is 2. The predicted molar refractivity (Wildman–Crippen MR) is 85.1 cm³/mol. The molecule has 1 aliphatic carbocycles. The number of esters is 2. The van der Waals surface area contributed by atoms with Crippen molar-refractivity contribution >= 4 is 11.9 Å². The lowest BCUT2D eigenvalue weighted by Gasteiger charge is -2.21. The van der Waals surface area contributed by atoms with Crippen molar-refractivity contribution in [1.29, 1.82) is 0 Å². The molecule has 5 nitrogen and oxygen atoms in total. The zero-order chi connectivity index (χ0) is 17.3. The summed E-state index contributed by atoms with van der Waals surface area (Å²) in [5.74, 6) is -0.391. The molecular weight excluding hydrogens is 296 g/mol. The van der Waals surface area contributed by atoms with Crippen LogP contribution in [0.4, 0.5) is 0 Å². The molecule has 1 saturated carbocycles. The smallest absolute Gasteiger partial charge is 0.313 e. The third-order valence-electron chi connectivity index (χ3n) is 4.04. The number of ether oxygens (including phenoxy) is 3. The first-order chi connectivity index (χ1) is 10.7. The van der Waals surface area contributed by atoms with Gasteiger partial charge in [-0.1, -0.05) is 12.1 Å². The van der Waals surface area contributed by atoms with Crippen molar-refractivity contribution in [2.45, 2.75) is 39.2 Å². The summed E-state index contributed by atoms with van der Waals surface area (Å²) in [4.78, 5) is 24.5. The van der Waals surface area contributed by atoms with Crippen molar-refractivity contribution in [3.8, 4) is 5.75 Å². The van der Waals surface area contributed by atoms with Crippen LogP contribution in [-0.4, -0.2) is 31.8 Å². The van der Waals surface area contributed by atoms with Crippen molar-refractivity contribution in [3.63, 3.8) is 0 Å². The maximum absolute atomic E-state index is 12.3. The van der Waals surface area contributed by atoms with E-state index in [-0.39, 0.29) is 11.9 Å². The molecule has 0 heterocycles. The van der Waals surface area contributed by atoms with E-state index in [4.69, 9.17) is 14.2 Å². The molecule has 1 aromatic carbocycles. The van der Waals surface area contributed by atoms with E-state index >= 15 is 0 Å². The Bertz CT molecular complexity index is 584. The van der Waals surface area contributed by atoms with Crippen LogP contribution < -0.4 is 4.74 Å². The van der Waals surface area contributed by atoms with Crippen LogP contribution in [0.2, 0.25) is 0 Å². The minimum atomic E-state index is -0.814. The van der Waals surface area contributed by atoms with Gasteiger partial charge in [-0.25, -0.2) is 0 Å². The number of benzene rings is 1. The van der Waals surface area contributed by atoms with Crippen LogP contribution in [0.15, 0.2) is 24.3 Å². The van der Waals surface area contributed by atoms with E-state index in [1.807, 2.05) is 45.0 Å². The van der Waals surface area contributed by atoms with Crippen LogP contribution in [0.5, 0.6) is 5.75 Å². The molecule has 0 saturated heterocycles. The average Bonchev–Trinajstić information content (AvgIpc) is 3.21. The van der Waals surface area contributed by atoms with Crippen LogP contribution in [0, 0.1) is 11.3 Å². The highest BCUT2D eigenvalue weighted by molar-refractivity contribution is 5.91. The molecule has 1 aliphatic rings. The van der Waals surface area contributed by atoms with Crippen LogP contribution in [0.1, 0.15) is 32.8 Å². The van der Waals surface area contributed by atoms with Crippen molar-refractivity contribution in [2.24, 2.45) is 11.3 Å². The fraction of sp³-hybridized carbons (Fsp3) is 0.556. The monoisotopic (exact) mass is 320 g/mol. The van der Waals surface area contributed by atoms with Crippen molar-refractivity contribution < 1.29 is 23.8 Å². The van der Waals surface area contributed by atoms with E-state index in [2.05, 4.69) is 0 Å². The molecule has 0 bridgehead atoms. The molecule has 23 heavy (non-hydrogen) atoms. The molecule has 0 radical (unpaired) electrons. The van der Waals surface area contributed by atoms with E-state index in [9.17, 15) is 9.59 Å². The lowest BCUT2D eigenvalue weighted by molar-refractivity contribution is -0.161. The van der Waals surface area contributed by atoms with Crippen LogP contribution in [-0.2, 0) is 25.5 Å². The van der Waals surface area contributed by atoms with Crippen LogP contribution in [0.25, 0.3) is 0 Å². The summed E-state index contributed by atoms with van der Waals surface area (Å²) in [6.45, 7) is 5.45. The highest BCUT2D eigenvalue weighted by Crippen LogP contribution is 2.56. The normalized spacial score (nSPS) is 23.1. The predicted octanol–water partition coefficient (Wildman–Crippen LogP) is 2.76. The second-order valence-electron chi connectivity index (χ2n) is 6.96. The zero-order valence-corrected chi connectivity index (χ0v) is 14.3. The minimum absolute atomic E-state index is 0.337. The Balaban J connectivity index is 2.15. The third kappa shape index (κ3) is 3.84. The molecule has 2 rings (SSSR count). The number of methoxy groups -OCH3 is 2. The molecule has 126 valence electrons. The summed E-state index contributed by atoms with van der Waals surface area (Å²) < 4.78 is 15.5. The molecule has 0 N–H and O–H groups in total. The lowest BCUT2D eigenvalue weighted by atomic mass is 9.93. The summed E-state index contributed by atoms with van der Waals surface area (Å²) in [5, 5.41) is 0. The van der Waals surface area contributed by atoms with Gasteiger partial charge >= 0.3 is 11.9 Å². The van der Waals surface area contributed by atoms with Gasteiger partial charge in [0.25, 0.3) is 0 Å². The molecule has 2 atom stereocenters. The van der Waals surface area contributed by atoms with Gasteiger partial charge in [-0.15, -0.1) is 0 Å². The first-order valence-corrected chi connectivity index (χ1v) is 7.66. The molecule has 0 spiro atoms. The summed E-state index contributed by atoms with van der Waals surface area (Å²) in [5.41, 5.74) is -0.421. The van der Waals surface area contributed by atoms with Gasteiger partial charge < -0.3 is 14.2 Å².